The molecular weight excluding hydrogens is 402 g/mol. The Balaban J connectivity index is 2.32. The summed E-state index contributed by atoms with van der Waals surface area (Å²) >= 11 is 0. The molecule has 0 fully saturated rings. The monoisotopic (exact) mass is 423 g/mol. The van der Waals surface area contributed by atoms with E-state index in [1.165, 1.54) is 45.4 Å². The molecule has 0 aliphatic rings. The Morgan fingerprint density at radius 3 is 2.38 bits per heavy atom. The largest absolute Gasteiger partial charge is 0.493 e. The predicted octanol–water partition coefficient (Wildman–Crippen LogP) is 2.33. The second kappa shape index (κ2) is 8.78. The van der Waals surface area contributed by atoms with E-state index in [4.69, 9.17) is 9.47 Å². The average molecular weight is 423 g/mol. The van der Waals surface area contributed by atoms with E-state index in [1.54, 1.807) is 12.1 Å². The highest BCUT2D eigenvalue weighted by molar-refractivity contribution is 7.92. The van der Waals surface area contributed by atoms with Gasteiger partial charge in [0.15, 0.2) is 11.5 Å². The Hall–Kier alpha value is -3.34. The number of benzene rings is 2. The van der Waals surface area contributed by atoms with Crippen LogP contribution < -0.4 is 19.1 Å². The number of ether oxygens (including phenoxy) is 2. The lowest BCUT2D eigenvalue weighted by molar-refractivity contribution is -0.385. The quantitative estimate of drug-likeness (QED) is 0.510. The van der Waals surface area contributed by atoms with Crippen molar-refractivity contribution in [2.45, 2.75) is 6.92 Å². The molecule has 0 bridgehead atoms. The maximum Gasteiger partial charge on any atom is 0.274 e. The van der Waals surface area contributed by atoms with Crippen LogP contribution in [-0.2, 0) is 14.8 Å². The summed E-state index contributed by atoms with van der Waals surface area (Å²) < 4.78 is 35.7. The summed E-state index contributed by atoms with van der Waals surface area (Å²) in [5.74, 6) is 0.226. The number of rotatable bonds is 8. The molecule has 0 unspecified atom stereocenters. The third kappa shape index (κ3) is 5.13. The molecule has 2 aromatic carbocycles. The summed E-state index contributed by atoms with van der Waals surface area (Å²) in [4.78, 5) is 23.1. The first-order chi connectivity index (χ1) is 13.6. The number of amides is 1. The van der Waals surface area contributed by atoms with Crippen molar-refractivity contribution in [3.05, 3.63) is 52.1 Å². The highest BCUT2D eigenvalue weighted by Crippen LogP contribution is 2.31. The average Bonchev–Trinajstić information content (AvgIpc) is 2.65. The van der Waals surface area contributed by atoms with E-state index >= 15 is 0 Å². The maximum absolute atomic E-state index is 12.5. The number of carbonyl (C=O) groups excluding carboxylic acids is 1. The molecule has 2 rings (SSSR count). The molecule has 0 atom stereocenters. The van der Waals surface area contributed by atoms with Crippen LogP contribution in [0.15, 0.2) is 36.4 Å². The van der Waals surface area contributed by atoms with E-state index in [1.807, 2.05) is 0 Å². The third-order valence-corrected chi connectivity index (χ3v) is 5.22. The SMILES string of the molecule is COc1ccc(NC(=O)CN(c2cccc([N+](=O)[O-])c2C)S(C)(=O)=O)cc1OC. The number of nitrogens with one attached hydrogen (secondary N) is 1. The van der Waals surface area contributed by atoms with Gasteiger partial charge in [0.25, 0.3) is 5.69 Å². The Bertz CT molecular complexity index is 1040. The summed E-state index contributed by atoms with van der Waals surface area (Å²) in [6.07, 6.45) is 0.926. The zero-order chi connectivity index (χ0) is 21.8. The van der Waals surface area contributed by atoms with Gasteiger partial charge in [0.1, 0.15) is 6.54 Å². The summed E-state index contributed by atoms with van der Waals surface area (Å²) in [5, 5.41) is 13.7. The number of nitro benzene ring substituents is 1. The van der Waals surface area contributed by atoms with Crippen molar-refractivity contribution in [2.24, 2.45) is 0 Å². The highest BCUT2D eigenvalue weighted by atomic mass is 32.2. The smallest absolute Gasteiger partial charge is 0.274 e. The topological polar surface area (TPSA) is 128 Å². The zero-order valence-electron chi connectivity index (χ0n) is 16.3. The normalized spacial score (nSPS) is 10.9. The number of nitrogens with zero attached hydrogens (tertiary/aromatic N) is 2. The van der Waals surface area contributed by atoms with E-state index in [9.17, 15) is 23.3 Å². The first-order valence-corrected chi connectivity index (χ1v) is 10.2. The minimum atomic E-state index is -3.89. The Kier molecular flexibility index (Phi) is 6.64. The standard InChI is InChI=1S/C18H21N3O7S/c1-12-14(6-5-7-15(12)21(23)24)20(29(4,25)26)11-18(22)19-13-8-9-16(27-2)17(10-13)28-3/h5-10H,11H2,1-4H3,(H,19,22). The highest BCUT2D eigenvalue weighted by Gasteiger charge is 2.26. The second-order valence-electron chi connectivity index (χ2n) is 6.07. The lowest BCUT2D eigenvalue weighted by Crippen LogP contribution is -2.38. The molecule has 0 heterocycles. The van der Waals surface area contributed by atoms with Crippen LogP contribution >= 0.6 is 0 Å². The number of hydrogen-bond acceptors (Lipinski definition) is 7. The van der Waals surface area contributed by atoms with Gasteiger partial charge in [0.05, 0.1) is 36.6 Å². The van der Waals surface area contributed by atoms with Crippen LogP contribution in [0.5, 0.6) is 11.5 Å². The number of sulfonamides is 1. The predicted molar refractivity (Wildman–Crippen MR) is 108 cm³/mol. The van der Waals surface area contributed by atoms with Crippen molar-refractivity contribution in [1.29, 1.82) is 0 Å². The van der Waals surface area contributed by atoms with Crippen LogP contribution in [0.25, 0.3) is 0 Å². The van der Waals surface area contributed by atoms with Gasteiger partial charge in [-0.2, -0.15) is 0 Å². The molecule has 1 amide bonds. The minimum absolute atomic E-state index is 0.0594. The molecule has 29 heavy (non-hydrogen) atoms. The Morgan fingerprint density at radius 1 is 1.17 bits per heavy atom. The molecule has 0 radical (unpaired) electrons. The summed E-state index contributed by atoms with van der Waals surface area (Å²) in [6, 6.07) is 8.73. The van der Waals surface area contributed by atoms with Crippen molar-refractivity contribution in [3.63, 3.8) is 0 Å². The second-order valence-corrected chi connectivity index (χ2v) is 7.97. The fourth-order valence-corrected chi connectivity index (χ4v) is 3.61. The number of anilines is 2. The molecule has 10 nitrogen and oxygen atoms in total. The van der Waals surface area contributed by atoms with Crippen LogP contribution in [-0.4, -0.2) is 46.3 Å². The Labute approximate surface area is 168 Å². The minimum Gasteiger partial charge on any atom is -0.493 e. The van der Waals surface area contributed by atoms with Crippen molar-refractivity contribution in [1.82, 2.24) is 0 Å². The number of carbonyl (C=O) groups is 1. The van der Waals surface area contributed by atoms with Crippen LogP contribution in [0.1, 0.15) is 5.56 Å². The summed E-state index contributed by atoms with van der Waals surface area (Å²) in [7, 11) is -0.970. The molecular formula is C18H21N3O7S. The van der Waals surface area contributed by atoms with Gasteiger partial charge < -0.3 is 14.8 Å². The van der Waals surface area contributed by atoms with E-state index < -0.39 is 27.4 Å². The van der Waals surface area contributed by atoms with Gasteiger partial charge in [-0.25, -0.2) is 8.42 Å². The zero-order valence-corrected chi connectivity index (χ0v) is 17.1. The lowest BCUT2D eigenvalue weighted by atomic mass is 10.1. The molecule has 0 saturated heterocycles. The number of nitro groups is 1. The van der Waals surface area contributed by atoms with Crippen molar-refractivity contribution < 1.29 is 27.6 Å². The van der Waals surface area contributed by atoms with Gasteiger partial charge in [0, 0.05) is 17.8 Å². The fourth-order valence-electron chi connectivity index (χ4n) is 2.71. The molecule has 1 N–H and O–H groups in total. The lowest BCUT2D eigenvalue weighted by Gasteiger charge is -2.23. The van der Waals surface area contributed by atoms with E-state index in [0.29, 0.717) is 17.2 Å². The van der Waals surface area contributed by atoms with Crippen molar-refractivity contribution in [3.8, 4) is 11.5 Å². The van der Waals surface area contributed by atoms with Gasteiger partial charge in [-0.15, -0.1) is 0 Å². The fraction of sp³-hybridized carbons (Fsp3) is 0.278. The van der Waals surface area contributed by atoms with Crippen LogP contribution in [0, 0.1) is 17.0 Å². The van der Waals surface area contributed by atoms with Crippen LogP contribution in [0.2, 0.25) is 0 Å². The molecule has 0 spiro atoms. The molecule has 2 aromatic rings. The van der Waals surface area contributed by atoms with Gasteiger partial charge in [0.2, 0.25) is 15.9 Å². The van der Waals surface area contributed by atoms with E-state index in [0.717, 1.165) is 10.6 Å². The van der Waals surface area contributed by atoms with Crippen LogP contribution in [0.3, 0.4) is 0 Å². The van der Waals surface area contributed by atoms with Gasteiger partial charge >= 0.3 is 0 Å². The molecule has 156 valence electrons. The molecule has 0 aliphatic carbocycles. The van der Waals surface area contributed by atoms with Gasteiger partial charge in [-0.3, -0.25) is 19.2 Å². The molecule has 0 saturated carbocycles. The molecule has 0 aliphatic heterocycles. The molecule has 11 heteroatoms. The van der Waals surface area contributed by atoms with Gasteiger partial charge in [-0.1, -0.05) is 6.07 Å². The summed E-state index contributed by atoms with van der Waals surface area (Å²) in [6.45, 7) is 0.868. The third-order valence-electron chi connectivity index (χ3n) is 4.10. The van der Waals surface area contributed by atoms with E-state index in [2.05, 4.69) is 5.32 Å². The Morgan fingerprint density at radius 2 is 1.83 bits per heavy atom. The van der Waals surface area contributed by atoms with Crippen molar-refractivity contribution in [2.75, 3.05) is 36.6 Å². The van der Waals surface area contributed by atoms with Crippen molar-refractivity contribution >= 4 is 33.0 Å². The first-order valence-electron chi connectivity index (χ1n) is 8.32. The first kappa shape index (κ1) is 22.0. The maximum atomic E-state index is 12.5. The summed E-state index contributed by atoms with van der Waals surface area (Å²) in [5.41, 5.74) is 0.333. The van der Waals surface area contributed by atoms with Crippen LogP contribution in [0.4, 0.5) is 17.1 Å². The van der Waals surface area contributed by atoms with Gasteiger partial charge in [-0.05, 0) is 25.1 Å². The number of hydrogen-bond donors (Lipinski definition) is 1. The van der Waals surface area contributed by atoms with E-state index in [-0.39, 0.29) is 16.9 Å². The molecule has 0 aromatic heterocycles. The number of methoxy groups -OCH3 is 2.